The van der Waals surface area contributed by atoms with E-state index in [0.717, 1.165) is 30.1 Å². The third kappa shape index (κ3) is 1.11. The van der Waals surface area contributed by atoms with E-state index in [9.17, 15) is 5.11 Å². The third-order valence-corrected chi connectivity index (χ3v) is 6.35. The van der Waals surface area contributed by atoms with Crippen molar-refractivity contribution in [1.82, 2.24) is 0 Å². The molecule has 0 saturated heterocycles. The van der Waals surface area contributed by atoms with E-state index in [1.165, 1.54) is 19.3 Å². The van der Waals surface area contributed by atoms with Crippen molar-refractivity contribution in [3.63, 3.8) is 0 Å². The molecule has 0 aromatic heterocycles. The summed E-state index contributed by atoms with van der Waals surface area (Å²) in [7, 11) is 0. The molecule has 6 atom stereocenters. The Hall–Kier alpha value is -0.0400. The summed E-state index contributed by atoms with van der Waals surface area (Å²) >= 11 is 0. The van der Waals surface area contributed by atoms with Gasteiger partial charge in [0.05, 0.1) is 5.60 Å². The number of hydrogen-bond acceptors (Lipinski definition) is 1. The van der Waals surface area contributed by atoms with Crippen molar-refractivity contribution >= 4 is 0 Å². The van der Waals surface area contributed by atoms with E-state index in [1.807, 2.05) is 0 Å². The quantitative estimate of drug-likeness (QED) is 0.720. The van der Waals surface area contributed by atoms with Gasteiger partial charge in [0.15, 0.2) is 0 Å². The lowest BCUT2D eigenvalue weighted by Gasteiger charge is -2.36. The Morgan fingerprint density at radius 1 is 1.19 bits per heavy atom. The maximum absolute atomic E-state index is 10.5. The fraction of sp³-hybridized carbons (Fsp3) is 1.00. The summed E-state index contributed by atoms with van der Waals surface area (Å²) in [5.41, 5.74) is 0.201. The fourth-order valence-corrected chi connectivity index (χ4v) is 5.57. The number of hydrogen-bond donors (Lipinski definition) is 1. The average Bonchev–Trinajstić information content (AvgIpc) is 2.79. The molecule has 0 bridgehead atoms. The zero-order valence-electron chi connectivity index (χ0n) is 11.2. The first-order valence-corrected chi connectivity index (χ1v) is 7.13. The summed E-state index contributed by atoms with van der Waals surface area (Å²) in [6, 6.07) is 0. The van der Waals surface area contributed by atoms with Crippen LogP contribution in [0.15, 0.2) is 0 Å². The Morgan fingerprint density at radius 2 is 1.88 bits per heavy atom. The smallest absolute Gasteiger partial charge is 0.0656 e. The fourth-order valence-electron chi connectivity index (χ4n) is 5.57. The standard InChI is InChI=1S/C15H26O/c1-9(2)11-6-5-10(3)15-8-7-14(4,16)13(15)12(11)15/h9-13,16H,5-8H2,1-4H3/t10-,11+,12-,13+,14+,15+/m1/s1. The highest BCUT2D eigenvalue weighted by Gasteiger charge is 2.77. The third-order valence-electron chi connectivity index (χ3n) is 6.35. The molecule has 3 fully saturated rings. The molecule has 92 valence electrons. The van der Waals surface area contributed by atoms with Gasteiger partial charge in [0.2, 0.25) is 0 Å². The molecule has 0 heterocycles. The van der Waals surface area contributed by atoms with Crippen LogP contribution >= 0.6 is 0 Å². The minimum atomic E-state index is -0.351. The lowest BCUT2D eigenvalue weighted by molar-refractivity contribution is 0.0291. The topological polar surface area (TPSA) is 20.2 Å². The van der Waals surface area contributed by atoms with Crippen molar-refractivity contribution in [1.29, 1.82) is 0 Å². The van der Waals surface area contributed by atoms with E-state index >= 15 is 0 Å². The summed E-state index contributed by atoms with van der Waals surface area (Å²) < 4.78 is 0. The molecule has 3 rings (SSSR count). The average molecular weight is 222 g/mol. The first-order chi connectivity index (χ1) is 7.41. The lowest BCUT2D eigenvalue weighted by atomic mass is 9.69. The number of fused-ring (bicyclic) bond motifs is 1. The predicted molar refractivity (Wildman–Crippen MR) is 66.0 cm³/mol. The molecule has 0 aromatic rings. The van der Waals surface area contributed by atoms with Gasteiger partial charge < -0.3 is 5.11 Å². The van der Waals surface area contributed by atoms with Crippen LogP contribution < -0.4 is 0 Å². The molecule has 16 heavy (non-hydrogen) atoms. The molecular weight excluding hydrogens is 196 g/mol. The Balaban J connectivity index is 1.92. The van der Waals surface area contributed by atoms with Gasteiger partial charge in [-0.2, -0.15) is 0 Å². The second-order valence-corrected chi connectivity index (χ2v) is 7.36. The summed E-state index contributed by atoms with van der Waals surface area (Å²) in [5.74, 6) is 4.01. The highest BCUT2D eigenvalue weighted by Crippen LogP contribution is 2.80. The van der Waals surface area contributed by atoms with Crippen molar-refractivity contribution in [2.45, 2.75) is 59.0 Å². The molecular formula is C15H26O. The number of aliphatic hydroxyl groups is 1. The van der Waals surface area contributed by atoms with Crippen LogP contribution in [0.3, 0.4) is 0 Å². The van der Waals surface area contributed by atoms with Crippen LogP contribution in [0.5, 0.6) is 0 Å². The Bertz CT molecular complexity index is 307. The van der Waals surface area contributed by atoms with Crippen molar-refractivity contribution in [3.8, 4) is 0 Å². The Kier molecular flexibility index (Phi) is 2.11. The van der Waals surface area contributed by atoms with Crippen LogP contribution in [0.4, 0.5) is 0 Å². The SMILES string of the molecule is CC(C)[C@@H]1CC[C@@H](C)[C@]23CC[C@](C)(O)[C@@H]2[C@@H]13. The first kappa shape index (κ1) is 11.1. The van der Waals surface area contributed by atoms with Gasteiger partial charge in [-0.05, 0) is 67.6 Å². The summed E-state index contributed by atoms with van der Waals surface area (Å²) in [4.78, 5) is 0. The zero-order valence-corrected chi connectivity index (χ0v) is 11.2. The zero-order chi connectivity index (χ0) is 11.7. The van der Waals surface area contributed by atoms with Gasteiger partial charge in [-0.15, -0.1) is 0 Å². The summed E-state index contributed by atoms with van der Waals surface area (Å²) in [6.45, 7) is 9.27. The molecule has 1 spiro atoms. The van der Waals surface area contributed by atoms with Gasteiger partial charge in [-0.3, -0.25) is 0 Å². The van der Waals surface area contributed by atoms with Crippen LogP contribution in [0.2, 0.25) is 0 Å². The van der Waals surface area contributed by atoms with Crippen LogP contribution in [0, 0.1) is 35.0 Å². The van der Waals surface area contributed by atoms with Crippen LogP contribution in [-0.2, 0) is 0 Å². The van der Waals surface area contributed by atoms with E-state index in [4.69, 9.17) is 0 Å². The second-order valence-electron chi connectivity index (χ2n) is 7.36. The molecule has 1 N–H and O–H groups in total. The second kappa shape index (κ2) is 3.04. The molecule has 0 aromatic carbocycles. The molecule has 0 aliphatic heterocycles. The van der Waals surface area contributed by atoms with Gasteiger partial charge >= 0.3 is 0 Å². The summed E-state index contributed by atoms with van der Waals surface area (Å²) in [6.07, 6.45) is 5.13. The lowest BCUT2D eigenvalue weighted by Crippen LogP contribution is -2.30. The van der Waals surface area contributed by atoms with E-state index < -0.39 is 0 Å². The molecule has 3 aliphatic rings. The molecule has 3 aliphatic carbocycles. The monoisotopic (exact) mass is 222 g/mol. The highest BCUT2D eigenvalue weighted by atomic mass is 16.3. The maximum Gasteiger partial charge on any atom is 0.0656 e. The largest absolute Gasteiger partial charge is 0.390 e. The Morgan fingerprint density at radius 3 is 2.50 bits per heavy atom. The highest BCUT2D eigenvalue weighted by molar-refractivity contribution is 5.26. The molecule has 3 saturated carbocycles. The molecule has 0 radical (unpaired) electrons. The normalized spacial score (nSPS) is 59.6. The van der Waals surface area contributed by atoms with Crippen LogP contribution in [-0.4, -0.2) is 10.7 Å². The van der Waals surface area contributed by atoms with Crippen molar-refractivity contribution in [3.05, 3.63) is 0 Å². The van der Waals surface area contributed by atoms with Crippen LogP contribution in [0.1, 0.15) is 53.4 Å². The predicted octanol–water partition coefficient (Wildman–Crippen LogP) is 3.47. The van der Waals surface area contributed by atoms with Gasteiger partial charge in [-0.25, -0.2) is 0 Å². The first-order valence-electron chi connectivity index (χ1n) is 7.13. The summed E-state index contributed by atoms with van der Waals surface area (Å²) in [5, 5.41) is 10.5. The van der Waals surface area contributed by atoms with E-state index in [-0.39, 0.29) is 5.60 Å². The molecule has 0 unspecified atom stereocenters. The van der Waals surface area contributed by atoms with Gasteiger partial charge in [0, 0.05) is 0 Å². The van der Waals surface area contributed by atoms with Crippen LogP contribution in [0.25, 0.3) is 0 Å². The van der Waals surface area contributed by atoms with E-state index in [1.54, 1.807) is 0 Å². The molecule has 1 nitrogen and oxygen atoms in total. The van der Waals surface area contributed by atoms with Crippen molar-refractivity contribution < 1.29 is 5.11 Å². The number of rotatable bonds is 1. The maximum atomic E-state index is 10.5. The molecule has 1 heteroatoms. The van der Waals surface area contributed by atoms with Gasteiger partial charge in [0.1, 0.15) is 0 Å². The van der Waals surface area contributed by atoms with Crippen molar-refractivity contribution in [2.24, 2.45) is 35.0 Å². The van der Waals surface area contributed by atoms with Crippen molar-refractivity contribution in [2.75, 3.05) is 0 Å². The minimum absolute atomic E-state index is 0.351. The van der Waals surface area contributed by atoms with Gasteiger partial charge in [-0.1, -0.05) is 20.8 Å². The minimum Gasteiger partial charge on any atom is -0.390 e. The Labute approximate surface area is 99.6 Å². The van der Waals surface area contributed by atoms with E-state index in [0.29, 0.717) is 11.3 Å². The van der Waals surface area contributed by atoms with Gasteiger partial charge in [0.25, 0.3) is 0 Å². The molecule has 0 amide bonds. The van der Waals surface area contributed by atoms with E-state index in [2.05, 4.69) is 27.7 Å².